The van der Waals surface area contributed by atoms with Gasteiger partial charge in [-0.3, -0.25) is 0 Å². The van der Waals surface area contributed by atoms with Crippen molar-refractivity contribution >= 4 is 12.0 Å². The van der Waals surface area contributed by atoms with Crippen molar-refractivity contribution in [2.75, 3.05) is 6.61 Å². The minimum absolute atomic E-state index is 0.133. The first-order chi connectivity index (χ1) is 8.36. The summed E-state index contributed by atoms with van der Waals surface area (Å²) in [5.74, 6) is -2.15. The predicted molar refractivity (Wildman–Crippen MR) is 57.1 cm³/mol. The molecule has 0 fully saturated rings. The summed E-state index contributed by atoms with van der Waals surface area (Å²) >= 11 is 0. The number of carbonyl (C=O) groups is 1. The summed E-state index contributed by atoms with van der Waals surface area (Å²) in [6.45, 7) is 1.71. The first-order valence-electron chi connectivity index (χ1n) is 5.06. The van der Waals surface area contributed by atoms with Crippen molar-refractivity contribution in [3.8, 4) is 0 Å². The van der Waals surface area contributed by atoms with Crippen molar-refractivity contribution in [1.29, 1.82) is 0 Å². The molecular formula is C12H10F4O2. The maximum Gasteiger partial charge on any atom is 0.419 e. The summed E-state index contributed by atoms with van der Waals surface area (Å²) in [4.78, 5) is 11.0. The molecule has 1 aromatic rings. The fourth-order valence-corrected chi connectivity index (χ4v) is 1.25. The largest absolute Gasteiger partial charge is 0.463 e. The summed E-state index contributed by atoms with van der Waals surface area (Å²) in [6, 6.07) is 2.84. The number of carbonyl (C=O) groups excluding carboxylic acids is 1. The van der Waals surface area contributed by atoms with E-state index in [2.05, 4.69) is 4.74 Å². The third kappa shape index (κ3) is 3.58. The van der Waals surface area contributed by atoms with Crippen molar-refractivity contribution in [2.24, 2.45) is 0 Å². The number of halogens is 4. The minimum atomic E-state index is -4.77. The van der Waals surface area contributed by atoms with E-state index in [1.165, 1.54) is 0 Å². The number of esters is 1. The fourth-order valence-electron chi connectivity index (χ4n) is 1.25. The van der Waals surface area contributed by atoms with E-state index in [1.54, 1.807) is 6.92 Å². The first-order valence-corrected chi connectivity index (χ1v) is 5.06. The van der Waals surface area contributed by atoms with E-state index >= 15 is 0 Å². The highest BCUT2D eigenvalue weighted by atomic mass is 19.4. The highest BCUT2D eigenvalue weighted by Crippen LogP contribution is 2.32. The van der Waals surface area contributed by atoms with Gasteiger partial charge in [-0.25, -0.2) is 9.18 Å². The fraction of sp³-hybridized carbons (Fsp3) is 0.250. The lowest BCUT2D eigenvalue weighted by atomic mass is 10.1. The normalized spacial score (nSPS) is 11.8. The van der Waals surface area contributed by atoms with Crippen molar-refractivity contribution in [1.82, 2.24) is 0 Å². The minimum Gasteiger partial charge on any atom is -0.463 e. The Morgan fingerprint density at radius 1 is 1.39 bits per heavy atom. The summed E-state index contributed by atoms with van der Waals surface area (Å²) in [5, 5.41) is 0. The van der Waals surface area contributed by atoms with Crippen molar-refractivity contribution < 1.29 is 27.1 Å². The zero-order chi connectivity index (χ0) is 13.8. The molecular weight excluding hydrogens is 252 g/mol. The number of alkyl halides is 3. The zero-order valence-corrected chi connectivity index (χ0v) is 9.42. The second-order valence-corrected chi connectivity index (χ2v) is 3.29. The smallest absolute Gasteiger partial charge is 0.419 e. The Balaban J connectivity index is 3.02. The van der Waals surface area contributed by atoms with Crippen molar-refractivity contribution in [3.05, 3.63) is 41.2 Å². The van der Waals surface area contributed by atoms with Crippen LogP contribution in [0.15, 0.2) is 24.3 Å². The van der Waals surface area contributed by atoms with Gasteiger partial charge in [-0.15, -0.1) is 0 Å². The highest BCUT2D eigenvalue weighted by molar-refractivity contribution is 5.87. The van der Waals surface area contributed by atoms with E-state index in [0.29, 0.717) is 6.07 Å². The number of hydrogen-bond donors (Lipinski definition) is 0. The summed E-state index contributed by atoms with van der Waals surface area (Å²) < 4.78 is 55.2. The third-order valence-corrected chi connectivity index (χ3v) is 2.02. The monoisotopic (exact) mass is 262 g/mol. The predicted octanol–water partition coefficient (Wildman–Crippen LogP) is 3.42. The number of rotatable bonds is 3. The molecule has 1 rings (SSSR count). The van der Waals surface area contributed by atoms with Crippen LogP contribution in [0.3, 0.4) is 0 Å². The van der Waals surface area contributed by atoms with E-state index < -0.39 is 23.5 Å². The second-order valence-electron chi connectivity index (χ2n) is 3.29. The van der Waals surface area contributed by atoms with Gasteiger partial charge in [0.15, 0.2) is 0 Å². The van der Waals surface area contributed by atoms with E-state index in [1.807, 2.05) is 0 Å². The molecule has 6 heteroatoms. The van der Waals surface area contributed by atoms with Gasteiger partial charge < -0.3 is 4.74 Å². The van der Waals surface area contributed by atoms with Crippen molar-refractivity contribution in [2.45, 2.75) is 13.1 Å². The van der Waals surface area contributed by atoms with Crippen LogP contribution >= 0.6 is 0 Å². The number of benzene rings is 1. The molecule has 98 valence electrons. The van der Waals surface area contributed by atoms with E-state index in [4.69, 9.17) is 0 Å². The van der Waals surface area contributed by atoms with Gasteiger partial charge in [-0.05, 0) is 19.1 Å². The molecule has 0 spiro atoms. The van der Waals surface area contributed by atoms with E-state index in [0.717, 1.165) is 24.3 Å². The Labute approximate surface area is 101 Å². The molecule has 0 N–H and O–H groups in total. The Kier molecular flexibility index (Phi) is 4.47. The molecule has 0 saturated carbocycles. The maximum atomic E-state index is 13.5. The van der Waals surface area contributed by atoms with Crippen LogP contribution in [0, 0.1) is 5.82 Å². The topological polar surface area (TPSA) is 26.3 Å². The molecule has 0 unspecified atom stereocenters. The molecule has 0 aliphatic rings. The van der Waals surface area contributed by atoms with Crippen LogP contribution in [0.25, 0.3) is 6.08 Å². The molecule has 0 aromatic heterocycles. The Hall–Kier alpha value is -1.85. The summed E-state index contributed by atoms with van der Waals surface area (Å²) in [6.07, 6.45) is -2.94. The van der Waals surface area contributed by atoms with Gasteiger partial charge in [-0.1, -0.05) is 12.1 Å². The average molecular weight is 262 g/mol. The summed E-state index contributed by atoms with van der Waals surface area (Å²) in [5.41, 5.74) is -1.69. The molecule has 0 aliphatic carbocycles. The summed E-state index contributed by atoms with van der Waals surface area (Å²) in [7, 11) is 0. The molecule has 0 saturated heterocycles. The van der Waals surface area contributed by atoms with Crippen LogP contribution in [0.2, 0.25) is 0 Å². The van der Waals surface area contributed by atoms with Gasteiger partial charge >= 0.3 is 12.1 Å². The van der Waals surface area contributed by atoms with Crippen LogP contribution in [0.5, 0.6) is 0 Å². The van der Waals surface area contributed by atoms with Crippen LogP contribution in [-0.4, -0.2) is 12.6 Å². The molecule has 0 heterocycles. The lowest BCUT2D eigenvalue weighted by molar-refractivity contribution is -0.140. The molecule has 0 aliphatic heterocycles. The molecule has 2 nitrogen and oxygen atoms in total. The van der Waals surface area contributed by atoms with Gasteiger partial charge in [0.2, 0.25) is 0 Å². The Morgan fingerprint density at radius 2 is 2.06 bits per heavy atom. The number of hydrogen-bond acceptors (Lipinski definition) is 2. The zero-order valence-electron chi connectivity index (χ0n) is 9.42. The molecule has 1 aromatic carbocycles. The third-order valence-electron chi connectivity index (χ3n) is 2.02. The lowest BCUT2D eigenvalue weighted by Crippen LogP contribution is -2.08. The first kappa shape index (κ1) is 14.2. The Bertz CT molecular complexity index is 464. The Morgan fingerprint density at radius 3 is 2.61 bits per heavy atom. The van der Waals surface area contributed by atoms with Crippen molar-refractivity contribution in [3.63, 3.8) is 0 Å². The number of ether oxygens (including phenoxy) is 1. The van der Waals surface area contributed by atoms with Crippen LogP contribution in [0.4, 0.5) is 17.6 Å². The van der Waals surface area contributed by atoms with E-state index in [-0.39, 0.29) is 12.2 Å². The highest BCUT2D eigenvalue weighted by Gasteiger charge is 2.34. The van der Waals surface area contributed by atoms with Crippen LogP contribution in [0.1, 0.15) is 18.1 Å². The van der Waals surface area contributed by atoms with Gasteiger partial charge in [0.05, 0.1) is 12.2 Å². The SMILES string of the molecule is CCOC(=O)/C=C/c1cccc(C(F)(F)F)c1F. The standard InChI is InChI=1S/C12H10F4O2/c1-2-18-10(17)7-6-8-4-3-5-9(11(8)13)12(14,15)16/h3-7H,2H2,1H3/b7-6+. The van der Waals surface area contributed by atoms with Gasteiger partial charge in [0, 0.05) is 11.6 Å². The van der Waals surface area contributed by atoms with Gasteiger partial charge in [-0.2, -0.15) is 13.2 Å². The molecule has 0 radical (unpaired) electrons. The average Bonchev–Trinajstić information content (AvgIpc) is 2.26. The molecule has 0 atom stereocenters. The maximum absolute atomic E-state index is 13.5. The quantitative estimate of drug-likeness (QED) is 0.474. The second kappa shape index (κ2) is 5.66. The lowest BCUT2D eigenvalue weighted by Gasteiger charge is -2.09. The van der Waals surface area contributed by atoms with Gasteiger partial charge in [0.1, 0.15) is 5.82 Å². The molecule has 0 bridgehead atoms. The molecule has 0 amide bonds. The van der Waals surface area contributed by atoms with Gasteiger partial charge in [0.25, 0.3) is 0 Å². The van der Waals surface area contributed by atoms with Crippen LogP contribution in [-0.2, 0) is 15.7 Å². The van der Waals surface area contributed by atoms with E-state index in [9.17, 15) is 22.4 Å². The van der Waals surface area contributed by atoms with Crippen LogP contribution < -0.4 is 0 Å². The molecule has 18 heavy (non-hydrogen) atoms.